The third-order valence-electron chi connectivity index (χ3n) is 3.47. The van der Waals surface area contributed by atoms with Gasteiger partial charge in [0.25, 0.3) is 12.3 Å². The van der Waals surface area contributed by atoms with Gasteiger partial charge in [0.2, 0.25) is 9.84 Å². The average Bonchev–Trinajstić information content (AvgIpc) is 2.59. The Kier molecular flexibility index (Phi) is 6.06. The number of nitrogens with two attached hydrogens (primary N) is 1. The Morgan fingerprint density at radius 1 is 1.33 bits per heavy atom. The maximum absolute atomic E-state index is 14.0. The van der Waals surface area contributed by atoms with Gasteiger partial charge >= 0.3 is 0 Å². The standard InChI is InChI=1S/C16H16F3N3O4S/c1-8(23)6-22-16(24)14-12(20)5-10(7-21-14)27(25,26)13-3-2-9(15(18)19)4-11(13)17/h2-5,7-8,15,23H,6,20H2,1H3,(H,22,24). The monoisotopic (exact) mass is 403 g/mol. The first kappa shape index (κ1) is 20.6. The van der Waals surface area contributed by atoms with E-state index in [9.17, 15) is 26.4 Å². The largest absolute Gasteiger partial charge is 0.397 e. The van der Waals surface area contributed by atoms with Crippen molar-refractivity contribution in [1.82, 2.24) is 10.3 Å². The van der Waals surface area contributed by atoms with Gasteiger partial charge < -0.3 is 16.2 Å². The number of nitrogens with zero attached hydrogens (tertiary/aromatic N) is 1. The summed E-state index contributed by atoms with van der Waals surface area (Å²) in [6, 6.07) is 2.88. The third-order valence-corrected chi connectivity index (χ3v) is 5.23. The summed E-state index contributed by atoms with van der Waals surface area (Å²) in [5, 5.41) is 11.5. The van der Waals surface area contributed by atoms with Crippen LogP contribution in [0.1, 0.15) is 29.4 Å². The number of nitrogens with one attached hydrogen (secondary N) is 1. The van der Waals surface area contributed by atoms with Crippen LogP contribution in [-0.2, 0) is 9.84 Å². The lowest BCUT2D eigenvalue weighted by molar-refractivity contribution is 0.0920. The molecular weight excluding hydrogens is 387 g/mol. The Bertz CT molecular complexity index is 965. The second-order valence-electron chi connectivity index (χ2n) is 5.66. The van der Waals surface area contributed by atoms with Crippen LogP contribution in [0.3, 0.4) is 0 Å². The fourth-order valence-corrected chi connectivity index (χ4v) is 3.41. The summed E-state index contributed by atoms with van der Waals surface area (Å²) in [6.45, 7) is 1.38. The number of aromatic nitrogens is 1. The molecule has 1 unspecified atom stereocenters. The van der Waals surface area contributed by atoms with Gasteiger partial charge in [0.15, 0.2) is 5.69 Å². The van der Waals surface area contributed by atoms with Crippen LogP contribution in [-0.4, -0.2) is 37.1 Å². The average molecular weight is 403 g/mol. The number of halogens is 3. The molecule has 0 aliphatic rings. The SMILES string of the molecule is CC(O)CNC(=O)c1ncc(S(=O)(=O)c2ccc(C(F)F)cc2F)cc1N. The third kappa shape index (κ3) is 4.55. The number of pyridine rings is 1. The summed E-state index contributed by atoms with van der Waals surface area (Å²) in [5.74, 6) is -2.07. The number of sulfone groups is 1. The van der Waals surface area contributed by atoms with E-state index in [-0.39, 0.29) is 17.9 Å². The molecule has 0 aliphatic heterocycles. The number of anilines is 1. The molecule has 4 N–H and O–H groups in total. The predicted molar refractivity (Wildman–Crippen MR) is 89.5 cm³/mol. The zero-order valence-corrected chi connectivity index (χ0v) is 14.8. The highest BCUT2D eigenvalue weighted by Gasteiger charge is 2.25. The number of alkyl halides is 2. The first-order valence-electron chi connectivity index (χ1n) is 7.58. The van der Waals surface area contributed by atoms with Crippen LogP contribution >= 0.6 is 0 Å². The van der Waals surface area contributed by atoms with Crippen LogP contribution < -0.4 is 11.1 Å². The number of nitrogen functional groups attached to an aromatic ring is 1. The van der Waals surface area contributed by atoms with Gasteiger partial charge in [0, 0.05) is 18.3 Å². The number of carbonyl (C=O) groups is 1. The summed E-state index contributed by atoms with van der Waals surface area (Å²) in [5.41, 5.74) is 4.44. The molecule has 1 heterocycles. The molecule has 0 radical (unpaired) electrons. The van der Waals surface area contributed by atoms with Crippen molar-refractivity contribution in [3.8, 4) is 0 Å². The molecule has 1 atom stereocenters. The summed E-state index contributed by atoms with van der Waals surface area (Å²) in [7, 11) is -4.44. The summed E-state index contributed by atoms with van der Waals surface area (Å²) < 4.78 is 64.3. The Hall–Kier alpha value is -2.66. The lowest BCUT2D eigenvalue weighted by Gasteiger charge is -2.11. The first-order valence-corrected chi connectivity index (χ1v) is 9.06. The molecule has 0 aliphatic carbocycles. The van der Waals surface area contributed by atoms with Gasteiger partial charge in [-0.3, -0.25) is 4.79 Å². The number of benzene rings is 1. The van der Waals surface area contributed by atoms with Crippen LogP contribution in [0.5, 0.6) is 0 Å². The molecular formula is C16H16F3N3O4S. The molecule has 1 aromatic heterocycles. The minimum Gasteiger partial charge on any atom is -0.397 e. The molecule has 1 amide bonds. The lowest BCUT2D eigenvalue weighted by Crippen LogP contribution is -2.31. The maximum atomic E-state index is 14.0. The fourth-order valence-electron chi connectivity index (χ4n) is 2.12. The van der Waals surface area contributed by atoms with Crippen molar-refractivity contribution in [2.75, 3.05) is 12.3 Å². The van der Waals surface area contributed by atoms with Crippen molar-refractivity contribution in [2.45, 2.75) is 29.2 Å². The highest BCUT2D eigenvalue weighted by molar-refractivity contribution is 7.91. The number of amides is 1. The number of hydrogen-bond acceptors (Lipinski definition) is 6. The molecule has 146 valence electrons. The quantitative estimate of drug-likeness (QED) is 0.675. The summed E-state index contributed by atoms with van der Waals surface area (Å²) in [6.07, 6.45) is -2.95. The molecule has 0 saturated heterocycles. The number of carbonyl (C=O) groups excluding carboxylic acids is 1. The molecule has 27 heavy (non-hydrogen) atoms. The highest BCUT2D eigenvalue weighted by atomic mass is 32.2. The Morgan fingerprint density at radius 3 is 2.52 bits per heavy atom. The van der Waals surface area contributed by atoms with Crippen LogP contribution in [0.25, 0.3) is 0 Å². The zero-order valence-electron chi connectivity index (χ0n) is 14.0. The van der Waals surface area contributed by atoms with Crippen LogP contribution in [0.4, 0.5) is 18.9 Å². The second kappa shape index (κ2) is 7.92. The van der Waals surface area contributed by atoms with Crippen LogP contribution in [0.15, 0.2) is 40.3 Å². The number of rotatable bonds is 6. The van der Waals surface area contributed by atoms with Crippen molar-refractivity contribution in [2.24, 2.45) is 0 Å². The number of hydrogen-bond donors (Lipinski definition) is 3. The molecule has 2 aromatic rings. The van der Waals surface area contributed by atoms with E-state index in [1.165, 1.54) is 6.92 Å². The summed E-state index contributed by atoms with van der Waals surface area (Å²) in [4.78, 5) is 14.3. The van der Waals surface area contributed by atoms with Gasteiger partial charge in [-0.1, -0.05) is 6.07 Å². The molecule has 2 rings (SSSR count). The number of aliphatic hydroxyl groups excluding tert-OH is 1. The van der Waals surface area contributed by atoms with E-state index < -0.39 is 49.4 Å². The highest BCUT2D eigenvalue weighted by Crippen LogP contribution is 2.28. The minimum absolute atomic E-state index is 0.0678. The van der Waals surface area contributed by atoms with E-state index in [2.05, 4.69) is 10.3 Å². The van der Waals surface area contributed by atoms with E-state index >= 15 is 0 Å². The van der Waals surface area contributed by atoms with E-state index in [1.807, 2.05) is 0 Å². The normalized spacial score (nSPS) is 12.8. The van der Waals surface area contributed by atoms with Gasteiger partial charge in [-0.05, 0) is 25.1 Å². The maximum Gasteiger partial charge on any atom is 0.272 e. The summed E-state index contributed by atoms with van der Waals surface area (Å²) >= 11 is 0. The zero-order chi connectivity index (χ0) is 20.4. The molecule has 7 nitrogen and oxygen atoms in total. The molecule has 0 fully saturated rings. The predicted octanol–water partition coefficient (Wildman–Crippen LogP) is 1.68. The molecule has 11 heteroatoms. The number of aliphatic hydroxyl groups is 1. The Morgan fingerprint density at radius 2 is 2.00 bits per heavy atom. The van der Waals surface area contributed by atoms with Crippen molar-refractivity contribution < 1.29 is 31.5 Å². The minimum atomic E-state index is -4.44. The van der Waals surface area contributed by atoms with E-state index in [0.717, 1.165) is 24.4 Å². The van der Waals surface area contributed by atoms with Crippen LogP contribution in [0.2, 0.25) is 0 Å². The van der Waals surface area contributed by atoms with E-state index in [4.69, 9.17) is 10.8 Å². The molecule has 0 bridgehead atoms. The van der Waals surface area contributed by atoms with Gasteiger partial charge in [-0.2, -0.15) is 0 Å². The second-order valence-corrected chi connectivity index (χ2v) is 7.58. The molecule has 1 aromatic carbocycles. The van der Waals surface area contributed by atoms with Gasteiger partial charge in [0.1, 0.15) is 10.7 Å². The lowest BCUT2D eigenvalue weighted by atomic mass is 10.2. The van der Waals surface area contributed by atoms with Crippen molar-refractivity contribution >= 4 is 21.4 Å². The Balaban J connectivity index is 2.37. The van der Waals surface area contributed by atoms with Gasteiger partial charge in [-0.15, -0.1) is 0 Å². The Labute approximate surface area is 153 Å². The van der Waals surface area contributed by atoms with Crippen molar-refractivity contribution in [1.29, 1.82) is 0 Å². The van der Waals surface area contributed by atoms with Gasteiger partial charge in [0.05, 0.1) is 16.7 Å². The first-order chi connectivity index (χ1) is 12.5. The fraction of sp³-hybridized carbons (Fsp3) is 0.250. The van der Waals surface area contributed by atoms with Crippen molar-refractivity contribution in [3.63, 3.8) is 0 Å². The van der Waals surface area contributed by atoms with E-state index in [0.29, 0.717) is 6.07 Å². The van der Waals surface area contributed by atoms with Crippen molar-refractivity contribution in [3.05, 3.63) is 47.5 Å². The van der Waals surface area contributed by atoms with Crippen LogP contribution in [0, 0.1) is 5.82 Å². The molecule has 0 saturated carbocycles. The molecule has 0 spiro atoms. The van der Waals surface area contributed by atoms with Gasteiger partial charge in [-0.25, -0.2) is 26.6 Å². The topological polar surface area (TPSA) is 122 Å². The smallest absolute Gasteiger partial charge is 0.272 e. The van der Waals surface area contributed by atoms with E-state index in [1.54, 1.807) is 0 Å².